The van der Waals surface area contributed by atoms with Gasteiger partial charge in [-0.15, -0.1) is 0 Å². The van der Waals surface area contributed by atoms with Gasteiger partial charge in [0.2, 0.25) is 11.8 Å². The Kier molecular flexibility index (Phi) is 5.36. The molecule has 0 spiro atoms. The Bertz CT molecular complexity index is 614. The number of carbonyl (C=O) groups is 3. The summed E-state index contributed by atoms with van der Waals surface area (Å²) in [5.41, 5.74) is 1.67. The van der Waals surface area contributed by atoms with Gasteiger partial charge in [0, 0.05) is 12.2 Å². The average Bonchev–Trinajstić information content (AvgIpc) is 3.29. The second-order valence-corrected chi connectivity index (χ2v) is 5.91. The van der Waals surface area contributed by atoms with E-state index in [1.54, 1.807) is 6.07 Å². The van der Waals surface area contributed by atoms with Crippen molar-refractivity contribution in [1.82, 2.24) is 4.90 Å². The molecule has 1 fully saturated rings. The monoisotopic (exact) mass is 318 g/mol. The van der Waals surface area contributed by atoms with E-state index in [1.165, 1.54) is 4.90 Å². The number of aryl methyl sites for hydroxylation is 1. The van der Waals surface area contributed by atoms with Crippen LogP contribution in [0.2, 0.25) is 0 Å². The van der Waals surface area contributed by atoms with Crippen LogP contribution in [-0.4, -0.2) is 40.9 Å². The van der Waals surface area contributed by atoms with Crippen molar-refractivity contribution in [2.45, 2.75) is 26.7 Å². The van der Waals surface area contributed by atoms with Crippen LogP contribution in [0.15, 0.2) is 24.3 Å². The number of amides is 2. The number of nitrogens with one attached hydrogen (secondary N) is 1. The molecule has 1 saturated carbocycles. The summed E-state index contributed by atoms with van der Waals surface area (Å²) in [7, 11) is 0. The van der Waals surface area contributed by atoms with Crippen molar-refractivity contribution >= 4 is 23.5 Å². The lowest BCUT2D eigenvalue weighted by Gasteiger charge is -2.22. The molecule has 2 unspecified atom stereocenters. The van der Waals surface area contributed by atoms with Gasteiger partial charge in [-0.25, -0.2) is 0 Å². The van der Waals surface area contributed by atoms with E-state index in [4.69, 9.17) is 5.11 Å². The van der Waals surface area contributed by atoms with Gasteiger partial charge in [-0.2, -0.15) is 0 Å². The number of rotatable bonds is 7. The number of nitrogens with zero attached hydrogens (tertiary/aromatic N) is 1. The van der Waals surface area contributed by atoms with E-state index in [1.807, 2.05) is 32.0 Å². The Morgan fingerprint density at radius 3 is 2.52 bits per heavy atom. The fraction of sp³-hybridized carbons (Fsp3) is 0.471. The molecule has 1 aromatic rings. The topological polar surface area (TPSA) is 86.7 Å². The number of para-hydroxylation sites is 1. The van der Waals surface area contributed by atoms with Crippen LogP contribution in [0.25, 0.3) is 0 Å². The third-order valence-corrected chi connectivity index (χ3v) is 3.98. The van der Waals surface area contributed by atoms with Gasteiger partial charge in [0.25, 0.3) is 0 Å². The van der Waals surface area contributed by atoms with Gasteiger partial charge in [-0.05, 0) is 31.4 Å². The van der Waals surface area contributed by atoms with Gasteiger partial charge in [0.1, 0.15) is 0 Å². The quantitative estimate of drug-likeness (QED) is 0.804. The largest absolute Gasteiger partial charge is 0.481 e. The molecule has 124 valence electrons. The Morgan fingerprint density at radius 2 is 1.96 bits per heavy atom. The number of hydrogen-bond donors (Lipinski definition) is 2. The first-order valence-corrected chi connectivity index (χ1v) is 7.81. The molecule has 2 rings (SSSR count). The van der Waals surface area contributed by atoms with E-state index in [0.717, 1.165) is 11.3 Å². The number of carboxylic acids is 1. The predicted molar refractivity (Wildman–Crippen MR) is 85.9 cm³/mol. The Morgan fingerprint density at radius 1 is 1.26 bits per heavy atom. The molecule has 23 heavy (non-hydrogen) atoms. The second-order valence-electron chi connectivity index (χ2n) is 5.91. The number of aliphatic carboxylic acids is 1. The molecule has 2 amide bonds. The summed E-state index contributed by atoms with van der Waals surface area (Å²) < 4.78 is 0. The number of anilines is 1. The maximum absolute atomic E-state index is 12.3. The molecule has 1 aliphatic rings. The van der Waals surface area contributed by atoms with Crippen LogP contribution >= 0.6 is 0 Å². The zero-order valence-electron chi connectivity index (χ0n) is 13.4. The van der Waals surface area contributed by atoms with Crippen molar-refractivity contribution in [1.29, 1.82) is 0 Å². The highest BCUT2D eigenvalue weighted by atomic mass is 16.4. The highest BCUT2D eigenvalue weighted by Crippen LogP contribution is 2.40. The molecule has 1 aromatic carbocycles. The number of carboxylic acid groups (broad SMARTS) is 1. The minimum atomic E-state index is -0.941. The molecule has 0 heterocycles. The first kappa shape index (κ1) is 17.0. The molecular formula is C17H22N2O4. The van der Waals surface area contributed by atoms with Gasteiger partial charge in [0.15, 0.2) is 0 Å². The number of hydrogen-bond acceptors (Lipinski definition) is 3. The van der Waals surface area contributed by atoms with Crippen LogP contribution < -0.4 is 5.32 Å². The van der Waals surface area contributed by atoms with Crippen molar-refractivity contribution in [2.75, 3.05) is 18.4 Å². The van der Waals surface area contributed by atoms with Crippen LogP contribution in [0.4, 0.5) is 5.69 Å². The maximum atomic E-state index is 12.3. The highest BCUT2D eigenvalue weighted by molar-refractivity contribution is 5.96. The van der Waals surface area contributed by atoms with Crippen molar-refractivity contribution in [3.63, 3.8) is 0 Å². The van der Waals surface area contributed by atoms with E-state index in [2.05, 4.69) is 5.32 Å². The predicted octanol–water partition coefficient (Wildman–Crippen LogP) is 1.89. The smallest absolute Gasteiger partial charge is 0.307 e. The summed E-state index contributed by atoms with van der Waals surface area (Å²) in [6.07, 6.45) is 1.08. The summed E-state index contributed by atoms with van der Waals surface area (Å²) in [6.45, 7) is 4.21. The van der Waals surface area contributed by atoms with Crippen LogP contribution in [0.1, 0.15) is 25.3 Å². The lowest BCUT2D eigenvalue weighted by atomic mass is 10.2. The van der Waals surface area contributed by atoms with Crippen LogP contribution in [0, 0.1) is 18.8 Å². The molecule has 6 heteroatoms. The van der Waals surface area contributed by atoms with Crippen LogP contribution in [0.3, 0.4) is 0 Å². The molecular weight excluding hydrogens is 296 g/mol. The fourth-order valence-corrected chi connectivity index (χ4v) is 2.59. The van der Waals surface area contributed by atoms with Gasteiger partial charge >= 0.3 is 5.97 Å². The molecule has 0 saturated heterocycles. The number of benzene rings is 1. The number of carbonyl (C=O) groups excluding carboxylic acids is 2. The first-order valence-electron chi connectivity index (χ1n) is 7.81. The molecule has 0 radical (unpaired) electrons. The average molecular weight is 318 g/mol. The lowest BCUT2D eigenvalue weighted by Crippen LogP contribution is -2.40. The van der Waals surface area contributed by atoms with Crippen molar-refractivity contribution < 1.29 is 19.5 Å². The molecule has 0 aliphatic heterocycles. The minimum Gasteiger partial charge on any atom is -0.481 e. The third-order valence-electron chi connectivity index (χ3n) is 3.98. The SMILES string of the molecule is CCCN(CC(=O)Nc1ccccc1C)C(=O)C1CC1C(=O)O. The minimum absolute atomic E-state index is 0.0517. The Hall–Kier alpha value is -2.37. The van der Waals surface area contributed by atoms with Crippen molar-refractivity contribution in [3.05, 3.63) is 29.8 Å². The van der Waals surface area contributed by atoms with E-state index in [9.17, 15) is 14.4 Å². The van der Waals surface area contributed by atoms with E-state index < -0.39 is 17.8 Å². The summed E-state index contributed by atoms with van der Waals surface area (Å²) in [5.74, 6) is -2.52. The molecule has 0 aromatic heterocycles. The Labute approximate surface area is 135 Å². The van der Waals surface area contributed by atoms with Gasteiger partial charge in [0.05, 0.1) is 18.4 Å². The molecule has 1 aliphatic carbocycles. The second kappa shape index (κ2) is 7.26. The molecule has 0 bridgehead atoms. The van der Waals surface area contributed by atoms with Crippen LogP contribution in [-0.2, 0) is 14.4 Å². The first-order chi connectivity index (χ1) is 10.9. The van der Waals surface area contributed by atoms with Gasteiger partial charge in [-0.1, -0.05) is 25.1 Å². The zero-order valence-corrected chi connectivity index (χ0v) is 13.4. The van der Waals surface area contributed by atoms with Crippen molar-refractivity contribution in [3.8, 4) is 0 Å². The van der Waals surface area contributed by atoms with Crippen LogP contribution in [0.5, 0.6) is 0 Å². The third kappa shape index (κ3) is 4.31. The fourth-order valence-electron chi connectivity index (χ4n) is 2.59. The van der Waals surface area contributed by atoms with E-state index in [-0.39, 0.29) is 18.4 Å². The summed E-state index contributed by atoms with van der Waals surface area (Å²) in [6, 6.07) is 7.42. The lowest BCUT2D eigenvalue weighted by molar-refractivity contribution is -0.142. The Balaban J connectivity index is 1.96. The molecule has 6 nitrogen and oxygen atoms in total. The van der Waals surface area contributed by atoms with Gasteiger partial charge < -0.3 is 15.3 Å². The molecule has 2 atom stereocenters. The highest BCUT2D eigenvalue weighted by Gasteiger charge is 2.49. The maximum Gasteiger partial charge on any atom is 0.307 e. The normalized spacial score (nSPS) is 19.0. The van der Waals surface area contributed by atoms with Crippen molar-refractivity contribution in [2.24, 2.45) is 11.8 Å². The standard InChI is InChI=1S/C17H22N2O4/c1-3-8-19(16(21)12-9-13(12)17(22)23)10-15(20)18-14-7-5-4-6-11(14)2/h4-7,12-13H,3,8-10H2,1-2H3,(H,18,20)(H,22,23). The van der Waals surface area contributed by atoms with E-state index in [0.29, 0.717) is 19.4 Å². The summed E-state index contributed by atoms with van der Waals surface area (Å²) in [4.78, 5) is 36.9. The van der Waals surface area contributed by atoms with Gasteiger partial charge in [-0.3, -0.25) is 14.4 Å². The summed E-state index contributed by atoms with van der Waals surface area (Å²) >= 11 is 0. The summed E-state index contributed by atoms with van der Waals surface area (Å²) in [5, 5.41) is 11.7. The van der Waals surface area contributed by atoms with E-state index >= 15 is 0 Å². The zero-order chi connectivity index (χ0) is 17.0. The molecule has 2 N–H and O–H groups in total.